The Morgan fingerprint density at radius 2 is 1.72 bits per heavy atom. The number of nitrogens with one attached hydrogen (secondary N) is 1. The summed E-state index contributed by atoms with van der Waals surface area (Å²) in [6.45, 7) is 2.85. The van der Waals surface area contributed by atoms with Gasteiger partial charge in [0.05, 0.1) is 20.0 Å². The van der Waals surface area contributed by atoms with E-state index in [0.29, 0.717) is 43.2 Å². The van der Waals surface area contributed by atoms with Gasteiger partial charge in [0.2, 0.25) is 10.0 Å². The number of fused-ring (bicyclic) bond motifs is 1. The van der Waals surface area contributed by atoms with Gasteiger partial charge in [-0.15, -0.1) is 0 Å². The van der Waals surface area contributed by atoms with Crippen molar-refractivity contribution in [3.8, 4) is 17.2 Å². The average molecular weight is 463 g/mol. The highest BCUT2D eigenvalue weighted by Gasteiger charge is 2.27. The van der Waals surface area contributed by atoms with Crippen LogP contribution >= 0.6 is 0 Å². The van der Waals surface area contributed by atoms with Gasteiger partial charge >= 0.3 is 0 Å². The van der Waals surface area contributed by atoms with Gasteiger partial charge in [0, 0.05) is 19.6 Å². The van der Waals surface area contributed by atoms with Crippen LogP contribution in [0.25, 0.3) is 0 Å². The largest absolute Gasteiger partial charge is 0.493 e. The Kier molecular flexibility index (Phi) is 7.98. The minimum absolute atomic E-state index is 0.0330. The number of sulfonamides is 1. The van der Waals surface area contributed by atoms with E-state index < -0.39 is 10.0 Å². The molecule has 8 nitrogen and oxygen atoms in total. The summed E-state index contributed by atoms with van der Waals surface area (Å²) in [5.41, 5.74) is 3.09. The van der Waals surface area contributed by atoms with Gasteiger partial charge in [-0.3, -0.25) is 4.79 Å². The number of hydrogen-bond donors (Lipinski definition) is 1. The monoisotopic (exact) mass is 462 g/mol. The van der Waals surface area contributed by atoms with E-state index in [0.717, 1.165) is 16.7 Å². The van der Waals surface area contributed by atoms with Crippen molar-refractivity contribution >= 4 is 15.9 Å². The van der Waals surface area contributed by atoms with Crippen molar-refractivity contribution in [1.82, 2.24) is 9.62 Å². The highest BCUT2D eigenvalue weighted by molar-refractivity contribution is 7.89. The van der Waals surface area contributed by atoms with Crippen molar-refractivity contribution < 1.29 is 27.4 Å². The number of rotatable bonds is 10. The molecule has 1 aliphatic heterocycles. The summed E-state index contributed by atoms with van der Waals surface area (Å²) in [5.74, 6) is 1.53. The minimum Gasteiger partial charge on any atom is -0.493 e. The van der Waals surface area contributed by atoms with Gasteiger partial charge in [0.25, 0.3) is 5.91 Å². The van der Waals surface area contributed by atoms with Gasteiger partial charge in [-0.2, -0.15) is 4.31 Å². The van der Waals surface area contributed by atoms with Gasteiger partial charge in [-0.1, -0.05) is 17.7 Å². The van der Waals surface area contributed by atoms with Crippen LogP contribution in [-0.4, -0.2) is 58.3 Å². The first-order valence-corrected chi connectivity index (χ1v) is 12.1. The lowest BCUT2D eigenvalue weighted by Gasteiger charge is -2.29. The number of aryl methyl sites for hydroxylation is 1. The van der Waals surface area contributed by atoms with Crippen molar-refractivity contribution in [2.24, 2.45) is 0 Å². The van der Waals surface area contributed by atoms with Crippen molar-refractivity contribution in [1.29, 1.82) is 0 Å². The molecule has 0 aromatic heterocycles. The smallest absolute Gasteiger partial charge is 0.257 e. The number of nitrogens with zero attached hydrogens (tertiary/aromatic N) is 1. The molecule has 2 aromatic rings. The lowest BCUT2D eigenvalue weighted by atomic mass is 10.0. The highest BCUT2D eigenvalue weighted by atomic mass is 32.2. The topological polar surface area (TPSA) is 94.2 Å². The minimum atomic E-state index is -3.44. The Bertz CT molecular complexity index is 1040. The normalized spacial score (nSPS) is 13.8. The van der Waals surface area contributed by atoms with Crippen LogP contribution in [-0.2, 0) is 27.8 Å². The fourth-order valence-electron chi connectivity index (χ4n) is 3.54. The van der Waals surface area contributed by atoms with Crippen molar-refractivity contribution in [3.05, 3.63) is 53.1 Å². The standard InChI is InChI=1S/C23H30N2O6S/c1-17-5-7-20(8-6-17)31-16-23(26)24-10-4-12-32(27,28)25-11-9-18-13-21(29-2)22(30-3)14-19(18)15-25/h5-8,13-14H,4,9-12,15-16H2,1-3H3,(H,24,26). The second kappa shape index (κ2) is 10.7. The van der Waals surface area contributed by atoms with E-state index in [4.69, 9.17) is 14.2 Å². The zero-order valence-electron chi connectivity index (χ0n) is 18.7. The van der Waals surface area contributed by atoms with E-state index in [-0.39, 0.29) is 24.8 Å². The zero-order valence-corrected chi connectivity index (χ0v) is 19.5. The van der Waals surface area contributed by atoms with Crippen LogP contribution in [0.5, 0.6) is 17.2 Å². The molecule has 0 unspecified atom stereocenters. The molecule has 2 aromatic carbocycles. The van der Waals surface area contributed by atoms with Gasteiger partial charge < -0.3 is 19.5 Å². The average Bonchev–Trinajstić information content (AvgIpc) is 2.80. The molecule has 0 spiro atoms. The van der Waals surface area contributed by atoms with Gasteiger partial charge in [-0.05, 0) is 55.2 Å². The van der Waals surface area contributed by atoms with E-state index >= 15 is 0 Å². The Hall–Kier alpha value is -2.78. The molecule has 1 heterocycles. The Morgan fingerprint density at radius 1 is 1.06 bits per heavy atom. The summed E-state index contributed by atoms with van der Waals surface area (Å²) >= 11 is 0. The van der Waals surface area contributed by atoms with E-state index in [2.05, 4.69) is 5.32 Å². The van der Waals surface area contributed by atoms with Gasteiger partial charge in [0.1, 0.15) is 5.75 Å². The first kappa shape index (κ1) is 23.9. The number of benzene rings is 2. The van der Waals surface area contributed by atoms with Crippen LogP contribution in [0.1, 0.15) is 23.1 Å². The van der Waals surface area contributed by atoms with E-state index in [1.807, 2.05) is 31.2 Å². The first-order valence-electron chi connectivity index (χ1n) is 10.5. The molecule has 0 aliphatic carbocycles. The molecule has 1 amide bonds. The molecule has 1 aliphatic rings. The molecule has 174 valence electrons. The first-order chi connectivity index (χ1) is 15.3. The van der Waals surface area contributed by atoms with E-state index in [9.17, 15) is 13.2 Å². The molecule has 0 radical (unpaired) electrons. The van der Waals surface area contributed by atoms with Crippen LogP contribution in [0.15, 0.2) is 36.4 Å². The summed E-state index contributed by atoms with van der Waals surface area (Å²) in [6.07, 6.45) is 0.940. The Balaban J connectivity index is 1.45. The summed E-state index contributed by atoms with van der Waals surface area (Å²) < 4.78 is 43.2. The van der Waals surface area contributed by atoms with Crippen LogP contribution < -0.4 is 19.5 Å². The molecule has 32 heavy (non-hydrogen) atoms. The number of ether oxygens (including phenoxy) is 3. The van der Waals surface area contributed by atoms with Gasteiger partial charge in [-0.25, -0.2) is 8.42 Å². The molecule has 0 bridgehead atoms. The van der Waals surface area contributed by atoms with Crippen molar-refractivity contribution in [2.45, 2.75) is 26.3 Å². The molecule has 0 saturated heterocycles. The fourth-order valence-corrected chi connectivity index (χ4v) is 5.01. The summed E-state index contributed by atoms with van der Waals surface area (Å²) in [6, 6.07) is 11.2. The Morgan fingerprint density at radius 3 is 2.38 bits per heavy atom. The van der Waals surface area contributed by atoms with Crippen LogP contribution in [0.2, 0.25) is 0 Å². The molecule has 1 N–H and O–H groups in total. The third-order valence-electron chi connectivity index (χ3n) is 5.37. The highest BCUT2D eigenvalue weighted by Crippen LogP contribution is 2.33. The van der Waals surface area contributed by atoms with Crippen LogP contribution in [0.3, 0.4) is 0 Å². The van der Waals surface area contributed by atoms with Crippen LogP contribution in [0, 0.1) is 6.92 Å². The molecular formula is C23H30N2O6S. The zero-order chi connectivity index (χ0) is 23.1. The van der Waals surface area contributed by atoms with Crippen molar-refractivity contribution in [3.63, 3.8) is 0 Å². The molecule has 0 atom stereocenters. The third-order valence-corrected chi connectivity index (χ3v) is 7.27. The predicted octanol–water partition coefficient (Wildman–Crippen LogP) is 2.29. The molecular weight excluding hydrogens is 432 g/mol. The number of carbonyl (C=O) groups excluding carboxylic acids is 1. The number of hydrogen-bond acceptors (Lipinski definition) is 6. The lowest BCUT2D eigenvalue weighted by Crippen LogP contribution is -2.38. The lowest BCUT2D eigenvalue weighted by molar-refractivity contribution is -0.123. The predicted molar refractivity (Wildman–Crippen MR) is 122 cm³/mol. The fraction of sp³-hybridized carbons (Fsp3) is 0.435. The SMILES string of the molecule is COc1cc2c(cc1OC)CN(S(=O)(=O)CCCNC(=O)COc1ccc(C)cc1)CC2. The number of amides is 1. The third kappa shape index (κ3) is 6.14. The Labute approximate surface area is 189 Å². The second-order valence-electron chi connectivity index (χ2n) is 7.68. The molecule has 0 saturated carbocycles. The molecule has 3 rings (SSSR count). The summed E-state index contributed by atoms with van der Waals surface area (Å²) in [4.78, 5) is 11.9. The summed E-state index contributed by atoms with van der Waals surface area (Å²) in [7, 11) is -0.302. The van der Waals surface area contributed by atoms with E-state index in [1.165, 1.54) is 4.31 Å². The maximum atomic E-state index is 12.8. The maximum absolute atomic E-state index is 12.8. The molecule has 9 heteroatoms. The summed E-state index contributed by atoms with van der Waals surface area (Å²) in [5, 5.41) is 2.71. The molecule has 0 fully saturated rings. The quantitative estimate of drug-likeness (QED) is 0.545. The second-order valence-corrected chi connectivity index (χ2v) is 9.77. The number of carbonyl (C=O) groups is 1. The number of methoxy groups -OCH3 is 2. The maximum Gasteiger partial charge on any atom is 0.257 e. The van der Waals surface area contributed by atoms with Crippen LogP contribution in [0.4, 0.5) is 0 Å². The van der Waals surface area contributed by atoms with Crippen molar-refractivity contribution in [2.75, 3.05) is 39.7 Å². The van der Waals surface area contributed by atoms with E-state index in [1.54, 1.807) is 26.4 Å². The van der Waals surface area contributed by atoms with Gasteiger partial charge in [0.15, 0.2) is 18.1 Å².